The van der Waals surface area contributed by atoms with Gasteiger partial charge in [-0.2, -0.15) is 0 Å². The molecule has 1 amide bonds. The molecule has 3 rings (SSSR count). The van der Waals surface area contributed by atoms with Crippen LogP contribution in [0.3, 0.4) is 0 Å². The van der Waals surface area contributed by atoms with E-state index < -0.39 is 6.09 Å². The number of fused-ring (bicyclic) bond motifs is 1. The van der Waals surface area contributed by atoms with Crippen LogP contribution < -0.4 is 16.0 Å². The fourth-order valence-corrected chi connectivity index (χ4v) is 3.62. The number of hydrogen-bond acceptors (Lipinski definition) is 7. The Morgan fingerprint density at radius 1 is 1.29 bits per heavy atom. The van der Waals surface area contributed by atoms with E-state index in [1.807, 2.05) is 33.2 Å². The van der Waals surface area contributed by atoms with E-state index in [2.05, 4.69) is 25.9 Å². The summed E-state index contributed by atoms with van der Waals surface area (Å²) in [4.78, 5) is 27.1. The highest BCUT2D eigenvalue weighted by molar-refractivity contribution is 6.42. The average molecular weight is 467 g/mol. The Balaban J connectivity index is 1.63. The molecule has 31 heavy (non-hydrogen) atoms. The molecule has 1 aliphatic rings. The smallest absolute Gasteiger partial charge is 0.352 e. The van der Waals surface area contributed by atoms with Crippen LogP contribution in [0.4, 0.5) is 10.7 Å². The Morgan fingerprint density at radius 2 is 2.10 bits per heavy atom. The van der Waals surface area contributed by atoms with Gasteiger partial charge in [-0.05, 0) is 63.5 Å². The van der Waals surface area contributed by atoms with Crippen molar-refractivity contribution in [2.75, 3.05) is 25.5 Å². The molecule has 2 heterocycles. The fourth-order valence-electron chi connectivity index (χ4n) is 3.31. The molecule has 0 bridgehead atoms. The van der Waals surface area contributed by atoms with Gasteiger partial charge in [0.2, 0.25) is 5.95 Å². The molecule has 168 valence electrons. The minimum absolute atomic E-state index is 0.232. The molecular formula is C21H28Cl2N6O2. The molecule has 1 aliphatic heterocycles. The summed E-state index contributed by atoms with van der Waals surface area (Å²) in [5.41, 5.74) is 2.79. The number of nitrogens with one attached hydrogen (secondary N) is 3. The third-order valence-electron chi connectivity index (χ3n) is 4.86. The van der Waals surface area contributed by atoms with E-state index >= 15 is 0 Å². The molecule has 10 heteroatoms. The zero-order valence-electron chi connectivity index (χ0n) is 17.9. The lowest BCUT2D eigenvalue weighted by molar-refractivity contribution is -0.112. The Morgan fingerprint density at radius 3 is 2.81 bits per heavy atom. The number of carbonyl (C=O) groups excluding carboxylic acids is 1. The normalized spacial score (nSPS) is 14.8. The van der Waals surface area contributed by atoms with E-state index in [9.17, 15) is 4.79 Å². The van der Waals surface area contributed by atoms with E-state index in [0.717, 1.165) is 16.8 Å². The van der Waals surface area contributed by atoms with Gasteiger partial charge in [-0.1, -0.05) is 29.3 Å². The van der Waals surface area contributed by atoms with Gasteiger partial charge in [0.1, 0.15) is 0 Å². The van der Waals surface area contributed by atoms with Crippen molar-refractivity contribution >= 4 is 35.2 Å². The number of nitrogens with zero attached hydrogens (tertiary/aromatic N) is 3. The largest absolute Gasteiger partial charge is 0.426 e. The van der Waals surface area contributed by atoms with E-state index in [-0.39, 0.29) is 12.1 Å². The van der Waals surface area contributed by atoms with Crippen molar-refractivity contribution in [3.63, 3.8) is 0 Å². The minimum atomic E-state index is -0.523. The van der Waals surface area contributed by atoms with Gasteiger partial charge in [-0.3, -0.25) is 0 Å². The predicted molar refractivity (Wildman–Crippen MR) is 122 cm³/mol. The predicted octanol–water partition coefficient (Wildman–Crippen LogP) is 3.95. The zero-order chi connectivity index (χ0) is 22.4. The first-order valence-corrected chi connectivity index (χ1v) is 11.1. The lowest BCUT2D eigenvalue weighted by Crippen LogP contribution is -2.39. The molecule has 0 spiro atoms. The second kappa shape index (κ2) is 10.9. The van der Waals surface area contributed by atoms with Crippen molar-refractivity contribution in [2.45, 2.75) is 45.3 Å². The average Bonchev–Trinajstić information content (AvgIpc) is 2.72. The summed E-state index contributed by atoms with van der Waals surface area (Å²) in [5, 5.41) is 11.8. The maximum atomic E-state index is 12.6. The summed E-state index contributed by atoms with van der Waals surface area (Å²) < 4.78 is 0. The van der Waals surface area contributed by atoms with Gasteiger partial charge in [0, 0.05) is 18.8 Å². The summed E-state index contributed by atoms with van der Waals surface area (Å²) >= 11 is 12.2. The maximum absolute atomic E-state index is 12.6. The molecule has 0 aliphatic carbocycles. The van der Waals surface area contributed by atoms with Crippen LogP contribution in [0.25, 0.3) is 0 Å². The van der Waals surface area contributed by atoms with E-state index in [4.69, 9.17) is 28.0 Å². The molecule has 0 saturated heterocycles. The summed E-state index contributed by atoms with van der Waals surface area (Å²) in [5.74, 6) is 0.576. The number of carbonyl (C=O) groups is 1. The molecule has 1 atom stereocenters. The molecule has 3 N–H and O–H groups in total. The molecule has 0 unspecified atom stereocenters. The molecule has 1 aromatic heterocycles. The van der Waals surface area contributed by atoms with Crippen LogP contribution in [0.5, 0.6) is 0 Å². The quantitative estimate of drug-likeness (QED) is 0.542. The Kier molecular flexibility index (Phi) is 8.31. The molecular weight excluding hydrogens is 439 g/mol. The molecule has 0 fully saturated rings. The number of anilines is 1. The first kappa shape index (κ1) is 23.5. The zero-order valence-corrected chi connectivity index (χ0v) is 19.4. The van der Waals surface area contributed by atoms with Gasteiger partial charge in [0.25, 0.3) is 0 Å². The fraction of sp³-hybridized carbons (Fsp3) is 0.476. The van der Waals surface area contributed by atoms with Crippen molar-refractivity contribution in [3.05, 3.63) is 51.3 Å². The van der Waals surface area contributed by atoms with Crippen molar-refractivity contribution in [1.29, 1.82) is 0 Å². The second-order valence-corrected chi connectivity index (χ2v) is 8.53. The lowest BCUT2D eigenvalue weighted by atomic mass is 10.0. The first-order chi connectivity index (χ1) is 14.9. The van der Waals surface area contributed by atoms with Crippen LogP contribution in [-0.4, -0.2) is 47.3 Å². The summed E-state index contributed by atoms with van der Waals surface area (Å²) in [6.07, 6.45) is 2.69. The highest BCUT2D eigenvalue weighted by atomic mass is 35.5. The van der Waals surface area contributed by atoms with Gasteiger partial charge in [0.05, 0.1) is 28.3 Å². The lowest BCUT2D eigenvalue weighted by Gasteiger charge is -2.28. The van der Waals surface area contributed by atoms with Gasteiger partial charge in [-0.25, -0.2) is 14.8 Å². The third kappa shape index (κ3) is 6.67. The summed E-state index contributed by atoms with van der Waals surface area (Å²) in [6.45, 7) is 5.76. The monoisotopic (exact) mass is 466 g/mol. The van der Waals surface area contributed by atoms with Crippen LogP contribution >= 0.6 is 23.2 Å². The number of aromatic nitrogens is 2. The van der Waals surface area contributed by atoms with Crippen LogP contribution in [-0.2, 0) is 17.8 Å². The van der Waals surface area contributed by atoms with Gasteiger partial charge in [-0.15, -0.1) is 5.06 Å². The number of benzene rings is 1. The molecule has 1 aromatic carbocycles. The SMILES string of the molecule is CNCC[C@H](NC(=O)ON1CCc2cnc(NC(C)C)nc2C1)c1ccc(Cl)c(Cl)c1. The van der Waals surface area contributed by atoms with Crippen LogP contribution in [0.15, 0.2) is 24.4 Å². The number of amides is 1. The summed E-state index contributed by atoms with van der Waals surface area (Å²) in [6, 6.07) is 5.31. The van der Waals surface area contributed by atoms with Crippen molar-refractivity contribution < 1.29 is 9.63 Å². The number of halogens is 2. The van der Waals surface area contributed by atoms with E-state index in [1.165, 1.54) is 0 Å². The highest BCUT2D eigenvalue weighted by Gasteiger charge is 2.23. The first-order valence-electron chi connectivity index (χ1n) is 10.3. The topological polar surface area (TPSA) is 91.4 Å². The third-order valence-corrected chi connectivity index (χ3v) is 5.60. The van der Waals surface area contributed by atoms with Crippen LogP contribution in [0, 0.1) is 0 Å². The van der Waals surface area contributed by atoms with Gasteiger partial charge in [0.15, 0.2) is 0 Å². The van der Waals surface area contributed by atoms with E-state index in [0.29, 0.717) is 48.5 Å². The number of hydrogen-bond donors (Lipinski definition) is 3. The van der Waals surface area contributed by atoms with Crippen molar-refractivity contribution in [2.24, 2.45) is 0 Å². The Bertz CT molecular complexity index is 911. The highest BCUT2D eigenvalue weighted by Crippen LogP contribution is 2.27. The molecule has 2 aromatic rings. The maximum Gasteiger partial charge on any atom is 0.426 e. The van der Waals surface area contributed by atoms with Crippen LogP contribution in [0.1, 0.15) is 43.1 Å². The van der Waals surface area contributed by atoms with Gasteiger partial charge < -0.3 is 20.8 Å². The van der Waals surface area contributed by atoms with Crippen molar-refractivity contribution in [3.8, 4) is 0 Å². The second-order valence-electron chi connectivity index (χ2n) is 7.72. The molecule has 8 nitrogen and oxygen atoms in total. The number of rotatable bonds is 8. The minimum Gasteiger partial charge on any atom is -0.352 e. The number of hydroxylamine groups is 2. The standard InChI is InChI=1S/C21H28Cl2N6O2/c1-13(2)26-20-25-11-15-7-9-29(12-19(15)27-20)31-21(30)28-18(6-8-24-3)14-4-5-16(22)17(23)10-14/h4-5,10-11,13,18,24H,6-9,12H2,1-3H3,(H,28,30)(H,25,26,27)/t18-/m0/s1. The van der Waals surface area contributed by atoms with Crippen molar-refractivity contribution in [1.82, 2.24) is 25.7 Å². The Hall–Kier alpha value is -2.13. The molecule has 0 saturated carbocycles. The Labute approximate surface area is 192 Å². The summed E-state index contributed by atoms with van der Waals surface area (Å²) in [7, 11) is 1.86. The van der Waals surface area contributed by atoms with Gasteiger partial charge >= 0.3 is 6.09 Å². The molecule has 0 radical (unpaired) electrons. The van der Waals surface area contributed by atoms with Crippen LogP contribution in [0.2, 0.25) is 10.0 Å². The van der Waals surface area contributed by atoms with E-state index in [1.54, 1.807) is 17.2 Å².